The third-order valence-electron chi connectivity index (χ3n) is 2.92. The predicted molar refractivity (Wildman–Crippen MR) is 110 cm³/mol. The molecule has 0 unspecified atom stereocenters. The maximum absolute atomic E-state index is 12.0. The molecule has 27 heavy (non-hydrogen) atoms. The lowest BCUT2D eigenvalue weighted by molar-refractivity contribution is -0.113. The van der Waals surface area contributed by atoms with Crippen LogP contribution in [0.15, 0.2) is 34.0 Å². The smallest absolute Gasteiger partial charge is 0.308 e. The molecule has 0 aliphatic carbocycles. The summed E-state index contributed by atoms with van der Waals surface area (Å²) in [4.78, 5) is 28.0. The number of hydrogen-bond acceptors (Lipinski definition) is 8. The van der Waals surface area contributed by atoms with Gasteiger partial charge in [0.15, 0.2) is 9.47 Å². The molecule has 0 fully saturated rings. The number of nitrogens with one attached hydrogen (secondary N) is 3. The number of carbonyl (C=O) groups excluding carboxylic acids is 2. The second-order valence-electron chi connectivity index (χ2n) is 5.09. The molecule has 0 atom stereocenters. The van der Waals surface area contributed by atoms with Crippen molar-refractivity contribution in [3.63, 3.8) is 0 Å². The number of hydrogen-bond donors (Lipinski definition) is 3. The first kappa shape index (κ1) is 19.5. The first-order valence-electron chi connectivity index (χ1n) is 7.50. The standard InChI is InChI=1S/C15H13ClN6O2S3/c1-8-6-25-13(17-8)19-11(23)7-26-15-22-21-14(27-15)20-12(24)18-10-4-2-9(16)3-5-10/h2-6H,7H2,1H3,(H,17,19,23)(H2,18,20,21,24). The van der Waals surface area contributed by atoms with Gasteiger partial charge in [0.05, 0.1) is 11.4 Å². The Morgan fingerprint density at radius 3 is 2.59 bits per heavy atom. The Labute approximate surface area is 171 Å². The van der Waals surface area contributed by atoms with Crippen molar-refractivity contribution in [3.05, 3.63) is 40.4 Å². The van der Waals surface area contributed by atoms with E-state index >= 15 is 0 Å². The van der Waals surface area contributed by atoms with Crippen molar-refractivity contribution in [2.45, 2.75) is 11.3 Å². The maximum atomic E-state index is 12.0. The predicted octanol–water partition coefficient (Wildman–Crippen LogP) is 4.33. The molecule has 3 rings (SSSR count). The highest BCUT2D eigenvalue weighted by Gasteiger charge is 2.11. The zero-order valence-electron chi connectivity index (χ0n) is 13.9. The number of benzene rings is 1. The Kier molecular flexibility index (Phi) is 6.61. The van der Waals surface area contributed by atoms with E-state index in [4.69, 9.17) is 11.6 Å². The molecule has 3 N–H and O–H groups in total. The fourth-order valence-electron chi connectivity index (χ4n) is 1.81. The van der Waals surface area contributed by atoms with Gasteiger partial charge in [0.25, 0.3) is 0 Å². The van der Waals surface area contributed by atoms with Crippen molar-refractivity contribution in [2.24, 2.45) is 0 Å². The molecule has 8 nitrogen and oxygen atoms in total. The molecule has 1 aromatic carbocycles. The van der Waals surface area contributed by atoms with Gasteiger partial charge in [0.2, 0.25) is 11.0 Å². The van der Waals surface area contributed by atoms with Crippen LogP contribution in [0.5, 0.6) is 0 Å². The van der Waals surface area contributed by atoms with E-state index in [2.05, 4.69) is 31.1 Å². The highest BCUT2D eigenvalue weighted by molar-refractivity contribution is 8.01. The zero-order valence-corrected chi connectivity index (χ0v) is 17.1. The van der Waals surface area contributed by atoms with Gasteiger partial charge in [-0.2, -0.15) is 0 Å². The van der Waals surface area contributed by atoms with Crippen LogP contribution in [0.25, 0.3) is 0 Å². The van der Waals surface area contributed by atoms with Crippen molar-refractivity contribution in [3.8, 4) is 0 Å². The van der Waals surface area contributed by atoms with Crippen molar-refractivity contribution in [2.75, 3.05) is 21.7 Å². The summed E-state index contributed by atoms with van der Waals surface area (Å²) in [5.74, 6) is -0.0101. The number of halogens is 1. The molecule has 3 aromatic rings. The molecule has 0 saturated heterocycles. The minimum atomic E-state index is -0.443. The quantitative estimate of drug-likeness (QED) is 0.388. The van der Waals surface area contributed by atoms with Crippen LogP contribution in [0.2, 0.25) is 5.02 Å². The second kappa shape index (κ2) is 9.13. The van der Waals surface area contributed by atoms with Crippen LogP contribution in [0.1, 0.15) is 5.69 Å². The van der Waals surface area contributed by atoms with Crippen LogP contribution < -0.4 is 16.0 Å². The number of thiazole rings is 1. The fourth-order valence-corrected chi connectivity index (χ4v) is 4.18. The molecule has 2 heterocycles. The summed E-state index contributed by atoms with van der Waals surface area (Å²) in [6, 6.07) is 6.28. The second-order valence-corrected chi connectivity index (χ2v) is 8.58. The summed E-state index contributed by atoms with van der Waals surface area (Å²) in [5.41, 5.74) is 1.46. The van der Waals surface area contributed by atoms with Crippen LogP contribution in [-0.4, -0.2) is 32.9 Å². The van der Waals surface area contributed by atoms with Crippen molar-refractivity contribution in [1.82, 2.24) is 15.2 Å². The summed E-state index contributed by atoms with van der Waals surface area (Å²) in [6.45, 7) is 1.86. The van der Waals surface area contributed by atoms with Gasteiger partial charge >= 0.3 is 6.03 Å². The third kappa shape index (κ3) is 6.17. The van der Waals surface area contributed by atoms with Gasteiger partial charge in [-0.3, -0.25) is 10.1 Å². The largest absolute Gasteiger partial charge is 0.325 e. The van der Waals surface area contributed by atoms with E-state index in [-0.39, 0.29) is 11.7 Å². The number of aromatic nitrogens is 3. The van der Waals surface area contributed by atoms with Gasteiger partial charge in [-0.25, -0.2) is 9.78 Å². The Morgan fingerprint density at radius 2 is 1.89 bits per heavy atom. The summed E-state index contributed by atoms with van der Waals surface area (Å²) in [7, 11) is 0. The number of rotatable bonds is 6. The molecule has 0 radical (unpaired) electrons. The van der Waals surface area contributed by atoms with E-state index in [1.165, 1.54) is 34.4 Å². The number of urea groups is 1. The van der Waals surface area contributed by atoms with Crippen LogP contribution >= 0.6 is 46.0 Å². The van der Waals surface area contributed by atoms with E-state index in [1.54, 1.807) is 24.3 Å². The van der Waals surface area contributed by atoms with Crippen LogP contribution in [0.3, 0.4) is 0 Å². The molecule has 0 bridgehead atoms. The Bertz CT molecular complexity index is 943. The average Bonchev–Trinajstić information content (AvgIpc) is 3.24. The Hall–Kier alpha value is -2.21. The lowest BCUT2D eigenvalue weighted by Crippen LogP contribution is -2.19. The average molecular weight is 441 g/mol. The van der Waals surface area contributed by atoms with Gasteiger partial charge in [0, 0.05) is 16.1 Å². The van der Waals surface area contributed by atoms with E-state index in [9.17, 15) is 9.59 Å². The molecule has 0 aliphatic heterocycles. The van der Waals surface area contributed by atoms with Crippen molar-refractivity contribution < 1.29 is 9.59 Å². The van der Waals surface area contributed by atoms with Gasteiger partial charge in [-0.1, -0.05) is 34.7 Å². The molecular weight excluding hydrogens is 428 g/mol. The molecule has 12 heteroatoms. The lowest BCUT2D eigenvalue weighted by Gasteiger charge is -2.04. The minimum absolute atomic E-state index is 0.171. The molecule has 0 aliphatic rings. The summed E-state index contributed by atoms with van der Waals surface area (Å²) >= 11 is 9.59. The third-order valence-corrected chi connectivity index (χ3v) is 6.02. The summed E-state index contributed by atoms with van der Waals surface area (Å²) in [6.07, 6.45) is 0. The molecule has 0 spiro atoms. The fraction of sp³-hybridized carbons (Fsp3) is 0.133. The molecule has 140 valence electrons. The van der Waals surface area contributed by atoms with Gasteiger partial charge < -0.3 is 10.6 Å². The molecular formula is C15H13ClN6O2S3. The number of thioether (sulfide) groups is 1. The number of carbonyl (C=O) groups is 2. The van der Waals surface area contributed by atoms with Gasteiger partial charge in [0.1, 0.15) is 0 Å². The first-order chi connectivity index (χ1) is 13.0. The van der Waals surface area contributed by atoms with E-state index < -0.39 is 6.03 Å². The highest BCUT2D eigenvalue weighted by Crippen LogP contribution is 2.26. The normalized spacial score (nSPS) is 10.4. The molecule has 3 amide bonds. The van der Waals surface area contributed by atoms with E-state index in [0.29, 0.717) is 25.3 Å². The van der Waals surface area contributed by atoms with E-state index in [0.717, 1.165) is 5.69 Å². The Morgan fingerprint density at radius 1 is 1.11 bits per heavy atom. The minimum Gasteiger partial charge on any atom is -0.308 e. The van der Waals surface area contributed by atoms with E-state index in [1.807, 2.05) is 12.3 Å². The van der Waals surface area contributed by atoms with Gasteiger partial charge in [-0.05, 0) is 31.2 Å². The monoisotopic (exact) mass is 440 g/mol. The zero-order chi connectivity index (χ0) is 19.2. The van der Waals surface area contributed by atoms with Crippen LogP contribution in [0, 0.1) is 6.92 Å². The lowest BCUT2D eigenvalue weighted by atomic mass is 10.3. The van der Waals surface area contributed by atoms with Crippen LogP contribution in [-0.2, 0) is 4.79 Å². The number of amides is 3. The topological polar surface area (TPSA) is 109 Å². The van der Waals surface area contributed by atoms with Crippen molar-refractivity contribution >= 4 is 73.9 Å². The number of anilines is 3. The van der Waals surface area contributed by atoms with Crippen LogP contribution in [0.4, 0.5) is 20.7 Å². The summed E-state index contributed by atoms with van der Waals surface area (Å²) in [5, 5.41) is 19.2. The maximum Gasteiger partial charge on any atom is 0.325 e. The Balaban J connectivity index is 1.45. The molecule has 2 aromatic heterocycles. The number of nitrogens with zero attached hydrogens (tertiary/aromatic N) is 3. The first-order valence-corrected chi connectivity index (χ1v) is 10.6. The van der Waals surface area contributed by atoms with Gasteiger partial charge in [-0.15, -0.1) is 21.5 Å². The summed E-state index contributed by atoms with van der Waals surface area (Å²) < 4.78 is 0.572. The SMILES string of the molecule is Cc1csc(NC(=O)CSc2nnc(NC(=O)Nc3ccc(Cl)cc3)s2)n1. The molecule has 0 saturated carbocycles. The highest BCUT2D eigenvalue weighted by atomic mass is 35.5. The van der Waals surface area contributed by atoms with Crippen molar-refractivity contribution in [1.29, 1.82) is 0 Å². The number of aryl methyl sites for hydroxylation is 1.